The van der Waals surface area contributed by atoms with Crippen LogP contribution in [0.3, 0.4) is 0 Å². The van der Waals surface area contributed by atoms with Crippen LogP contribution in [0.1, 0.15) is 61.8 Å². The third-order valence-electron chi connectivity index (χ3n) is 7.70. The van der Waals surface area contributed by atoms with Gasteiger partial charge in [-0.2, -0.15) is 5.26 Å². The van der Waals surface area contributed by atoms with Gasteiger partial charge in [0.05, 0.1) is 29.8 Å². The molecule has 1 aliphatic heterocycles. The highest BCUT2D eigenvalue weighted by molar-refractivity contribution is 5.85. The maximum Gasteiger partial charge on any atom is 0.201 e. The summed E-state index contributed by atoms with van der Waals surface area (Å²) in [5.74, 6) is 0.0224. The van der Waals surface area contributed by atoms with Crippen molar-refractivity contribution in [3.63, 3.8) is 0 Å². The Hall–Kier alpha value is -3.55. The molecule has 2 fully saturated rings. The van der Waals surface area contributed by atoms with Gasteiger partial charge >= 0.3 is 0 Å². The summed E-state index contributed by atoms with van der Waals surface area (Å²) in [6.45, 7) is 6.07. The molecule has 0 bridgehead atoms. The summed E-state index contributed by atoms with van der Waals surface area (Å²) in [6.07, 6.45) is 6.93. The number of imidazole rings is 1. The zero-order chi connectivity index (χ0) is 24.9. The van der Waals surface area contributed by atoms with E-state index in [9.17, 15) is 9.65 Å². The molecule has 192 valence electrons. The number of halogens is 2. The van der Waals surface area contributed by atoms with Gasteiger partial charge in [-0.1, -0.05) is 5.21 Å². The Balaban J connectivity index is 0.00000280. The molecule has 5 heterocycles. The lowest BCUT2D eigenvalue weighted by molar-refractivity contribution is 0.0212. The Labute approximate surface area is 220 Å². The fourth-order valence-corrected chi connectivity index (χ4v) is 5.68. The van der Waals surface area contributed by atoms with Crippen LogP contribution in [0.5, 0.6) is 5.88 Å². The minimum atomic E-state index is -0.481. The summed E-state index contributed by atoms with van der Waals surface area (Å²) in [7, 11) is 0. The van der Waals surface area contributed by atoms with Gasteiger partial charge in [0, 0.05) is 11.6 Å². The molecule has 1 aliphatic carbocycles. The first kappa shape index (κ1) is 25.1. The summed E-state index contributed by atoms with van der Waals surface area (Å²) in [5.41, 5.74) is 4.53. The fourth-order valence-electron chi connectivity index (χ4n) is 5.68. The lowest BCUT2D eigenvalue weighted by atomic mass is 9.60. The van der Waals surface area contributed by atoms with E-state index in [1.165, 1.54) is 25.1 Å². The molecule has 9 nitrogen and oxygen atoms in total. The van der Waals surface area contributed by atoms with E-state index in [1.807, 2.05) is 26.0 Å². The Morgan fingerprint density at radius 1 is 1.19 bits per heavy atom. The van der Waals surface area contributed by atoms with E-state index >= 15 is 0 Å². The molecule has 11 heteroatoms. The predicted octanol–water partition coefficient (Wildman–Crippen LogP) is 4.57. The van der Waals surface area contributed by atoms with Crippen LogP contribution in [0, 0.1) is 29.5 Å². The normalized spacial score (nSPS) is 17.7. The highest BCUT2D eigenvalue weighted by Crippen LogP contribution is 2.54. The van der Waals surface area contributed by atoms with Gasteiger partial charge in [-0.15, -0.1) is 17.5 Å². The van der Waals surface area contributed by atoms with E-state index in [1.54, 1.807) is 10.5 Å². The van der Waals surface area contributed by atoms with Crippen molar-refractivity contribution < 1.29 is 9.13 Å². The molecule has 2 aliphatic rings. The van der Waals surface area contributed by atoms with Gasteiger partial charge in [0.1, 0.15) is 35.0 Å². The average Bonchev–Trinajstić information content (AvgIpc) is 3.46. The maximum atomic E-state index is 13.3. The van der Waals surface area contributed by atoms with Gasteiger partial charge < -0.3 is 10.1 Å². The first-order valence-electron chi connectivity index (χ1n) is 12.3. The van der Waals surface area contributed by atoms with E-state index in [-0.39, 0.29) is 12.4 Å². The number of piperidine rings is 1. The minimum absolute atomic E-state index is 0. The molecular formula is C26H28ClFN8O. The third kappa shape index (κ3) is 4.43. The first-order valence-corrected chi connectivity index (χ1v) is 12.3. The Bertz CT molecular complexity index is 1460. The summed E-state index contributed by atoms with van der Waals surface area (Å²) in [5, 5.41) is 22.1. The van der Waals surface area contributed by atoms with Gasteiger partial charge in [0.2, 0.25) is 5.88 Å². The van der Waals surface area contributed by atoms with Gasteiger partial charge in [0.25, 0.3) is 0 Å². The highest BCUT2D eigenvalue weighted by atomic mass is 35.5. The molecular weight excluding hydrogens is 495 g/mol. The Morgan fingerprint density at radius 3 is 2.68 bits per heavy atom. The van der Waals surface area contributed by atoms with E-state index in [0.717, 1.165) is 49.1 Å². The van der Waals surface area contributed by atoms with Crippen LogP contribution in [0.4, 0.5) is 4.39 Å². The maximum absolute atomic E-state index is 13.3. The molecule has 1 saturated heterocycles. The number of hydrogen-bond donors (Lipinski definition) is 1. The number of nitriles is 1. The Morgan fingerprint density at radius 2 is 1.97 bits per heavy atom. The van der Waals surface area contributed by atoms with E-state index < -0.39 is 11.9 Å². The molecule has 0 radical (unpaired) electrons. The van der Waals surface area contributed by atoms with E-state index in [2.05, 4.69) is 36.3 Å². The number of hydrogen-bond acceptors (Lipinski definition) is 7. The van der Waals surface area contributed by atoms with Crippen LogP contribution in [0.2, 0.25) is 0 Å². The van der Waals surface area contributed by atoms with Gasteiger partial charge in [0.15, 0.2) is 0 Å². The van der Waals surface area contributed by atoms with Crippen molar-refractivity contribution in [2.75, 3.05) is 13.1 Å². The summed E-state index contributed by atoms with van der Waals surface area (Å²) in [4.78, 5) is 8.55. The Kier molecular flexibility index (Phi) is 6.60. The standard InChI is InChI=1S/C26H27FN8O.ClH/c1-16-25(32-33-35(16)20-11-26(12-20)5-7-29-8-6-26)18-9-23-31-15-21(13-28)34(23)24(10-18)36-17(2)22-4-3-19(27)14-30-22;/h3-4,9-10,14-15,17,20,29H,5-8,11-12H2,1-2H3;1H/t17-;/m1./s1. The molecule has 6 rings (SSSR count). The summed E-state index contributed by atoms with van der Waals surface area (Å²) >= 11 is 0. The number of rotatable bonds is 5. The van der Waals surface area contributed by atoms with Crippen molar-refractivity contribution in [3.05, 3.63) is 59.6 Å². The SMILES string of the molecule is Cc1c(-c2cc(O[C@H](C)c3ccc(F)cn3)n3c(C#N)cnc3c2)nnn1C1CC2(CCNCC2)C1.Cl. The number of nitrogens with zero attached hydrogens (tertiary/aromatic N) is 7. The zero-order valence-corrected chi connectivity index (χ0v) is 21.5. The summed E-state index contributed by atoms with van der Waals surface area (Å²) < 4.78 is 23.3. The van der Waals surface area contributed by atoms with Gasteiger partial charge in [-0.05, 0) is 76.2 Å². The second-order valence-electron chi connectivity index (χ2n) is 9.97. The lowest BCUT2D eigenvalue weighted by Crippen LogP contribution is -2.46. The number of aromatic nitrogens is 6. The van der Waals surface area contributed by atoms with Crippen molar-refractivity contribution in [1.29, 1.82) is 5.26 Å². The predicted molar refractivity (Wildman–Crippen MR) is 137 cm³/mol. The van der Waals surface area contributed by atoms with Crippen molar-refractivity contribution in [2.24, 2.45) is 5.41 Å². The van der Waals surface area contributed by atoms with Crippen molar-refractivity contribution in [2.45, 2.75) is 51.7 Å². The monoisotopic (exact) mass is 522 g/mol. The second kappa shape index (κ2) is 9.72. The molecule has 37 heavy (non-hydrogen) atoms. The molecule has 4 aromatic rings. The van der Waals surface area contributed by atoms with Gasteiger partial charge in [-0.3, -0.25) is 9.38 Å². The smallest absolute Gasteiger partial charge is 0.201 e. The number of fused-ring (bicyclic) bond motifs is 1. The molecule has 1 atom stereocenters. The molecule has 4 aromatic heterocycles. The van der Waals surface area contributed by atoms with E-state index in [4.69, 9.17) is 4.74 Å². The lowest BCUT2D eigenvalue weighted by Gasteiger charge is -2.50. The van der Waals surface area contributed by atoms with Crippen LogP contribution in [-0.4, -0.2) is 42.5 Å². The first-order chi connectivity index (χ1) is 17.5. The molecule has 1 spiro atoms. The van der Waals surface area contributed by atoms with Crippen LogP contribution in [0.25, 0.3) is 16.9 Å². The molecule has 1 saturated carbocycles. The number of nitrogens with one attached hydrogen (secondary N) is 1. The highest BCUT2D eigenvalue weighted by Gasteiger charge is 2.46. The van der Waals surface area contributed by atoms with Gasteiger partial charge in [-0.25, -0.2) is 14.1 Å². The molecule has 0 aromatic carbocycles. The zero-order valence-electron chi connectivity index (χ0n) is 20.7. The van der Waals surface area contributed by atoms with Crippen LogP contribution < -0.4 is 10.1 Å². The van der Waals surface area contributed by atoms with Crippen molar-refractivity contribution in [3.8, 4) is 23.2 Å². The summed E-state index contributed by atoms with van der Waals surface area (Å²) in [6, 6.07) is 9.21. The topological polar surface area (TPSA) is 106 Å². The third-order valence-corrected chi connectivity index (χ3v) is 7.70. The molecule has 0 unspecified atom stereocenters. The fraction of sp³-hybridized carbons (Fsp3) is 0.423. The largest absolute Gasteiger partial charge is 0.469 e. The minimum Gasteiger partial charge on any atom is -0.469 e. The second-order valence-corrected chi connectivity index (χ2v) is 9.97. The van der Waals surface area contributed by atoms with E-state index in [0.29, 0.717) is 34.4 Å². The molecule has 0 amide bonds. The van der Waals surface area contributed by atoms with Crippen molar-refractivity contribution >= 4 is 18.1 Å². The average molecular weight is 523 g/mol. The quantitative estimate of drug-likeness (QED) is 0.409. The van der Waals surface area contributed by atoms with Crippen molar-refractivity contribution in [1.82, 2.24) is 34.7 Å². The molecule has 1 N–H and O–H groups in total. The van der Waals surface area contributed by atoms with Crippen LogP contribution in [0.15, 0.2) is 36.7 Å². The van der Waals surface area contributed by atoms with Crippen LogP contribution >= 0.6 is 12.4 Å². The number of ether oxygens (including phenoxy) is 1. The van der Waals surface area contributed by atoms with Crippen LogP contribution in [-0.2, 0) is 0 Å². The number of pyridine rings is 2.